The number of esters is 1. The van der Waals surface area contributed by atoms with Crippen LogP contribution in [0.1, 0.15) is 20.3 Å². The molecule has 5 nitrogen and oxygen atoms in total. The van der Waals surface area contributed by atoms with Crippen molar-refractivity contribution < 1.29 is 24.1 Å². The minimum atomic E-state index is -0.563. The van der Waals surface area contributed by atoms with Gasteiger partial charge in [0, 0.05) is 0 Å². The van der Waals surface area contributed by atoms with E-state index in [9.17, 15) is 9.59 Å². The van der Waals surface area contributed by atoms with Crippen molar-refractivity contribution in [2.75, 3.05) is 13.7 Å². The molecular formula is C8H14O5. The van der Waals surface area contributed by atoms with Gasteiger partial charge >= 0.3 is 11.9 Å². The second kappa shape index (κ2) is 6.42. The highest BCUT2D eigenvalue weighted by molar-refractivity contribution is 5.79. The van der Waals surface area contributed by atoms with Gasteiger partial charge in [0.25, 0.3) is 0 Å². The maximum Gasteiger partial charge on any atom is 0.345 e. The van der Waals surface area contributed by atoms with E-state index in [-0.39, 0.29) is 13.0 Å². The summed E-state index contributed by atoms with van der Waals surface area (Å²) in [5.74, 6) is -1.55. The molecule has 0 spiro atoms. The van der Waals surface area contributed by atoms with Crippen LogP contribution in [0.15, 0.2) is 0 Å². The number of carbonyl (C=O) groups excluding carboxylic acids is 2. The minimum Gasteiger partial charge on any atom is -0.469 e. The Morgan fingerprint density at radius 2 is 2.00 bits per heavy atom. The number of hydrogen-bond acceptors (Lipinski definition) is 5. The molecule has 0 aliphatic rings. The first-order chi connectivity index (χ1) is 6.11. The Hall–Kier alpha value is -1.10. The average Bonchev–Trinajstić information content (AvgIpc) is 2.13. The smallest absolute Gasteiger partial charge is 0.345 e. The van der Waals surface area contributed by atoms with Gasteiger partial charge in [0.2, 0.25) is 0 Å². The zero-order valence-corrected chi connectivity index (χ0v) is 8.03. The lowest BCUT2D eigenvalue weighted by molar-refractivity contribution is -0.273. The van der Waals surface area contributed by atoms with Gasteiger partial charge in [0.15, 0.2) is 0 Å². The van der Waals surface area contributed by atoms with Crippen molar-refractivity contribution in [3.8, 4) is 0 Å². The van der Waals surface area contributed by atoms with Gasteiger partial charge in [-0.3, -0.25) is 9.68 Å². The lowest BCUT2D eigenvalue weighted by atomic mass is 10.1. The molecule has 0 fully saturated rings. The van der Waals surface area contributed by atoms with Crippen LogP contribution < -0.4 is 0 Å². The average molecular weight is 190 g/mol. The van der Waals surface area contributed by atoms with E-state index in [1.807, 2.05) is 0 Å². The van der Waals surface area contributed by atoms with Crippen molar-refractivity contribution in [2.45, 2.75) is 20.3 Å². The molecule has 0 aromatic carbocycles. The summed E-state index contributed by atoms with van der Waals surface area (Å²) in [7, 11) is 1.27. The van der Waals surface area contributed by atoms with E-state index in [0.717, 1.165) is 0 Å². The molecule has 0 heterocycles. The molecule has 1 unspecified atom stereocenters. The van der Waals surface area contributed by atoms with Crippen LogP contribution in [0.25, 0.3) is 0 Å². The summed E-state index contributed by atoms with van der Waals surface area (Å²) in [5, 5.41) is 0. The van der Waals surface area contributed by atoms with E-state index < -0.39 is 17.9 Å². The Morgan fingerprint density at radius 3 is 2.46 bits per heavy atom. The summed E-state index contributed by atoms with van der Waals surface area (Å²) in [6, 6.07) is 0. The molecule has 0 aliphatic heterocycles. The molecule has 0 saturated heterocycles. The Labute approximate surface area is 76.9 Å². The highest BCUT2D eigenvalue weighted by Gasteiger charge is 2.19. The van der Waals surface area contributed by atoms with E-state index in [1.165, 1.54) is 7.11 Å². The fraction of sp³-hybridized carbons (Fsp3) is 0.750. The van der Waals surface area contributed by atoms with E-state index in [1.54, 1.807) is 13.8 Å². The number of carbonyl (C=O) groups is 2. The largest absolute Gasteiger partial charge is 0.469 e. The van der Waals surface area contributed by atoms with Gasteiger partial charge in [-0.25, -0.2) is 4.79 Å². The third-order valence-corrected chi connectivity index (χ3v) is 1.36. The van der Waals surface area contributed by atoms with Crippen molar-refractivity contribution in [1.29, 1.82) is 0 Å². The third kappa shape index (κ3) is 5.19. The topological polar surface area (TPSA) is 61.8 Å². The molecule has 13 heavy (non-hydrogen) atoms. The maximum absolute atomic E-state index is 11.0. The molecule has 76 valence electrons. The Kier molecular flexibility index (Phi) is 5.88. The molecule has 0 saturated carbocycles. The first-order valence-corrected chi connectivity index (χ1v) is 4.02. The van der Waals surface area contributed by atoms with Crippen molar-refractivity contribution in [1.82, 2.24) is 0 Å². The lowest BCUT2D eigenvalue weighted by Gasteiger charge is -2.07. The van der Waals surface area contributed by atoms with Gasteiger partial charge in [0.1, 0.15) is 0 Å². The van der Waals surface area contributed by atoms with Crippen LogP contribution in [0.2, 0.25) is 0 Å². The maximum atomic E-state index is 11.0. The molecule has 0 aromatic rings. The van der Waals surface area contributed by atoms with Crippen LogP contribution in [0, 0.1) is 5.92 Å². The highest BCUT2D eigenvalue weighted by atomic mass is 17.2. The van der Waals surface area contributed by atoms with Crippen LogP contribution in [-0.4, -0.2) is 25.7 Å². The molecule has 0 radical (unpaired) electrons. The standard InChI is InChI=1S/C8H14O5/c1-4-12-13-8(10)6(2)5-7(9)11-3/h6H,4-5H2,1-3H3. The number of hydrogen-bond donors (Lipinski definition) is 0. The predicted octanol–water partition coefficient (Wildman–Crippen LogP) is 0.680. The van der Waals surface area contributed by atoms with Crippen LogP contribution in [0.4, 0.5) is 0 Å². The summed E-state index contributed by atoms with van der Waals surface area (Å²) < 4.78 is 4.39. The molecule has 0 N–H and O–H groups in total. The number of rotatable bonds is 5. The SMILES string of the molecule is CCOOC(=O)C(C)CC(=O)OC. The zero-order chi connectivity index (χ0) is 10.3. The van der Waals surface area contributed by atoms with E-state index in [4.69, 9.17) is 0 Å². The van der Waals surface area contributed by atoms with E-state index in [0.29, 0.717) is 0 Å². The Bertz CT molecular complexity index is 177. The van der Waals surface area contributed by atoms with Crippen molar-refractivity contribution in [3.05, 3.63) is 0 Å². The van der Waals surface area contributed by atoms with Gasteiger partial charge in [-0.2, -0.15) is 4.89 Å². The molecule has 0 rings (SSSR count). The van der Waals surface area contributed by atoms with E-state index >= 15 is 0 Å². The minimum absolute atomic E-state index is 0.00239. The Balaban J connectivity index is 3.75. The van der Waals surface area contributed by atoms with Crippen LogP contribution in [-0.2, 0) is 24.1 Å². The van der Waals surface area contributed by atoms with Gasteiger partial charge < -0.3 is 4.74 Å². The lowest BCUT2D eigenvalue weighted by Crippen LogP contribution is -2.19. The van der Waals surface area contributed by atoms with Crippen molar-refractivity contribution in [2.24, 2.45) is 5.92 Å². The Morgan fingerprint density at radius 1 is 1.38 bits per heavy atom. The first-order valence-electron chi connectivity index (χ1n) is 4.02. The fourth-order valence-electron chi connectivity index (χ4n) is 0.616. The molecule has 0 aliphatic carbocycles. The number of ether oxygens (including phenoxy) is 1. The van der Waals surface area contributed by atoms with Gasteiger partial charge in [-0.15, -0.1) is 0 Å². The van der Waals surface area contributed by atoms with Crippen molar-refractivity contribution >= 4 is 11.9 Å². The summed E-state index contributed by atoms with van der Waals surface area (Å²) in [6.07, 6.45) is 0.00239. The molecule has 0 amide bonds. The summed E-state index contributed by atoms with van der Waals surface area (Å²) in [6.45, 7) is 3.55. The zero-order valence-electron chi connectivity index (χ0n) is 8.03. The normalized spacial score (nSPS) is 11.9. The molecular weight excluding hydrogens is 176 g/mol. The summed E-state index contributed by atoms with van der Waals surface area (Å²) >= 11 is 0. The predicted molar refractivity (Wildman–Crippen MR) is 43.5 cm³/mol. The van der Waals surface area contributed by atoms with Gasteiger partial charge in [0.05, 0.1) is 26.1 Å². The molecule has 1 atom stereocenters. The van der Waals surface area contributed by atoms with Crippen LogP contribution in [0.5, 0.6) is 0 Å². The van der Waals surface area contributed by atoms with Crippen LogP contribution >= 0.6 is 0 Å². The second-order valence-electron chi connectivity index (χ2n) is 2.49. The van der Waals surface area contributed by atoms with Crippen LogP contribution in [0.3, 0.4) is 0 Å². The van der Waals surface area contributed by atoms with Gasteiger partial charge in [-0.1, -0.05) is 6.92 Å². The number of methoxy groups -OCH3 is 1. The van der Waals surface area contributed by atoms with E-state index in [2.05, 4.69) is 14.5 Å². The van der Waals surface area contributed by atoms with Gasteiger partial charge in [-0.05, 0) is 6.92 Å². The third-order valence-electron chi connectivity index (χ3n) is 1.36. The first kappa shape index (κ1) is 11.9. The second-order valence-corrected chi connectivity index (χ2v) is 2.49. The van der Waals surface area contributed by atoms with Crippen molar-refractivity contribution in [3.63, 3.8) is 0 Å². The molecule has 0 bridgehead atoms. The highest BCUT2D eigenvalue weighted by Crippen LogP contribution is 2.05. The fourth-order valence-corrected chi connectivity index (χ4v) is 0.616. The quantitative estimate of drug-likeness (QED) is 0.362. The molecule has 5 heteroatoms. The monoisotopic (exact) mass is 190 g/mol. The molecule has 0 aromatic heterocycles. The summed E-state index contributed by atoms with van der Waals surface area (Å²) in [5.41, 5.74) is 0. The summed E-state index contributed by atoms with van der Waals surface area (Å²) in [4.78, 5) is 30.5.